The molecule has 3 heteroatoms. The Hall–Kier alpha value is -1.35. The standard InChI is InChI=1S/C13H19NO2/c1-3-12(9-15)14-13(16)8-11-6-4-5-10(2)7-11/h4-7,12,15H,3,8-9H2,1-2H3,(H,14,16)/t12-/m0/s1. The van der Waals surface area contributed by atoms with Crippen LogP contribution in [-0.4, -0.2) is 23.7 Å². The topological polar surface area (TPSA) is 49.3 Å². The van der Waals surface area contributed by atoms with Crippen molar-refractivity contribution in [1.29, 1.82) is 0 Å². The highest BCUT2D eigenvalue weighted by Crippen LogP contribution is 2.04. The number of nitrogens with one attached hydrogen (secondary N) is 1. The molecule has 0 radical (unpaired) electrons. The van der Waals surface area contributed by atoms with Crippen molar-refractivity contribution in [2.45, 2.75) is 32.7 Å². The predicted octanol–water partition coefficient (Wildman–Crippen LogP) is 1.42. The molecule has 88 valence electrons. The van der Waals surface area contributed by atoms with Gasteiger partial charge >= 0.3 is 0 Å². The molecule has 0 aliphatic carbocycles. The lowest BCUT2D eigenvalue weighted by molar-refractivity contribution is -0.121. The van der Waals surface area contributed by atoms with Gasteiger partial charge in [0.2, 0.25) is 5.91 Å². The fourth-order valence-electron chi connectivity index (χ4n) is 1.56. The molecule has 0 saturated heterocycles. The second-order valence-corrected chi connectivity index (χ2v) is 4.02. The summed E-state index contributed by atoms with van der Waals surface area (Å²) in [5, 5.41) is 11.8. The van der Waals surface area contributed by atoms with Gasteiger partial charge < -0.3 is 10.4 Å². The van der Waals surface area contributed by atoms with Gasteiger partial charge in [-0.25, -0.2) is 0 Å². The van der Waals surface area contributed by atoms with E-state index < -0.39 is 0 Å². The van der Waals surface area contributed by atoms with Crippen molar-refractivity contribution in [2.24, 2.45) is 0 Å². The van der Waals surface area contributed by atoms with Crippen molar-refractivity contribution < 1.29 is 9.90 Å². The zero-order chi connectivity index (χ0) is 12.0. The molecule has 1 atom stereocenters. The molecular formula is C13H19NO2. The van der Waals surface area contributed by atoms with Gasteiger partial charge in [-0.05, 0) is 18.9 Å². The van der Waals surface area contributed by atoms with Crippen LogP contribution in [0.5, 0.6) is 0 Å². The summed E-state index contributed by atoms with van der Waals surface area (Å²) in [5.41, 5.74) is 2.16. The molecule has 0 spiro atoms. The van der Waals surface area contributed by atoms with Crippen LogP contribution in [0, 0.1) is 6.92 Å². The molecule has 1 aromatic carbocycles. The first-order valence-electron chi connectivity index (χ1n) is 5.61. The smallest absolute Gasteiger partial charge is 0.224 e. The zero-order valence-corrected chi connectivity index (χ0v) is 9.86. The second kappa shape index (κ2) is 6.28. The van der Waals surface area contributed by atoms with Gasteiger partial charge in [-0.15, -0.1) is 0 Å². The number of aliphatic hydroxyl groups is 1. The van der Waals surface area contributed by atoms with Crippen molar-refractivity contribution >= 4 is 5.91 Å². The molecule has 0 aliphatic heterocycles. The molecule has 1 amide bonds. The maximum absolute atomic E-state index is 11.6. The average Bonchev–Trinajstić information content (AvgIpc) is 2.26. The third kappa shape index (κ3) is 4.03. The van der Waals surface area contributed by atoms with Crippen molar-refractivity contribution in [3.05, 3.63) is 35.4 Å². The summed E-state index contributed by atoms with van der Waals surface area (Å²) < 4.78 is 0. The first-order valence-corrected chi connectivity index (χ1v) is 5.61. The van der Waals surface area contributed by atoms with E-state index in [-0.39, 0.29) is 18.6 Å². The van der Waals surface area contributed by atoms with E-state index in [1.165, 1.54) is 0 Å². The van der Waals surface area contributed by atoms with Gasteiger partial charge in [0.05, 0.1) is 19.1 Å². The van der Waals surface area contributed by atoms with Gasteiger partial charge in [0.15, 0.2) is 0 Å². The fraction of sp³-hybridized carbons (Fsp3) is 0.462. The van der Waals surface area contributed by atoms with Gasteiger partial charge in [-0.1, -0.05) is 36.8 Å². The number of hydrogen-bond donors (Lipinski definition) is 2. The van der Waals surface area contributed by atoms with Crippen LogP contribution in [0.15, 0.2) is 24.3 Å². The first kappa shape index (κ1) is 12.7. The molecule has 3 nitrogen and oxygen atoms in total. The van der Waals surface area contributed by atoms with E-state index in [2.05, 4.69) is 5.32 Å². The van der Waals surface area contributed by atoms with Crippen molar-refractivity contribution in [1.82, 2.24) is 5.32 Å². The minimum Gasteiger partial charge on any atom is -0.394 e. The molecule has 0 unspecified atom stereocenters. The minimum atomic E-state index is -0.127. The summed E-state index contributed by atoms with van der Waals surface area (Å²) >= 11 is 0. The molecule has 0 bridgehead atoms. The Morgan fingerprint density at radius 1 is 1.50 bits per heavy atom. The van der Waals surface area contributed by atoms with Gasteiger partial charge in [-0.3, -0.25) is 4.79 Å². The summed E-state index contributed by atoms with van der Waals surface area (Å²) in [6.07, 6.45) is 1.12. The SMILES string of the molecule is CC[C@@H](CO)NC(=O)Cc1cccc(C)c1. The van der Waals surface area contributed by atoms with Gasteiger partial charge in [0.25, 0.3) is 0 Å². The summed E-state index contributed by atoms with van der Waals surface area (Å²) in [6.45, 7) is 3.94. The van der Waals surface area contributed by atoms with E-state index in [9.17, 15) is 4.79 Å². The highest BCUT2D eigenvalue weighted by Gasteiger charge is 2.09. The van der Waals surface area contributed by atoms with Crippen LogP contribution >= 0.6 is 0 Å². The van der Waals surface area contributed by atoms with Crippen LogP contribution in [0.25, 0.3) is 0 Å². The second-order valence-electron chi connectivity index (χ2n) is 4.02. The van der Waals surface area contributed by atoms with Crippen LogP contribution in [0.4, 0.5) is 0 Å². The zero-order valence-electron chi connectivity index (χ0n) is 9.86. The van der Waals surface area contributed by atoms with E-state index in [1.54, 1.807) is 0 Å². The Balaban J connectivity index is 2.51. The molecule has 0 aliphatic rings. The Labute approximate surface area is 96.5 Å². The average molecular weight is 221 g/mol. The molecule has 0 fully saturated rings. The minimum absolute atomic E-state index is 0.00391. The van der Waals surface area contributed by atoms with E-state index in [0.717, 1.165) is 17.5 Å². The van der Waals surface area contributed by atoms with E-state index in [4.69, 9.17) is 5.11 Å². The van der Waals surface area contributed by atoms with E-state index in [1.807, 2.05) is 38.1 Å². The van der Waals surface area contributed by atoms with Crippen molar-refractivity contribution in [3.8, 4) is 0 Å². The lowest BCUT2D eigenvalue weighted by Gasteiger charge is -2.13. The third-order valence-electron chi connectivity index (χ3n) is 2.53. The number of amides is 1. The van der Waals surface area contributed by atoms with Gasteiger partial charge in [-0.2, -0.15) is 0 Å². The summed E-state index contributed by atoms with van der Waals surface area (Å²) in [7, 11) is 0. The Bertz CT molecular complexity index is 346. The summed E-state index contributed by atoms with van der Waals surface area (Å²) in [5.74, 6) is -0.0356. The highest BCUT2D eigenvalue weighted by molar-refractivity contribution is 5.78. The monoisotopic (exact) mass is 221 g/mol. The number of carbonyl (C=O) groups is 1. The number of carbonyl (C=O) groups excluding carboxylic acids is 1. The number of aliphatic hydroxyl groups excluding tert-OH is 1. The number of hydrogen-bond acceptors (Lipinski definition) is 2. The largest absolute Gasteiger partial charge is 0.394 e. The van der Waals surface area contributed by atoms with Gasteiger partial charge in [0, 0.05) is 0 Å². The van der Waals surface area contributed by atoms with Crippen LogP contribution in [0.3, 0.4) is 0 Å². The molecule has 0 heterocycles. The van der Waals surface area contributed by atoms with Gasteiger partial charge in [0.1, 0.15) is 0 Å². The van der Waals surface area contributed by atoms with E-state index >= 15 is 0 Å². The Morgan fingerprint density at radius 2 is 2.25 bits per heavy atom. The molecule has 16 heavy (non-hydrogen) atoms. The van der Waals surface area contributed by atoms with Crippen LogP contribution in [0.2, 0.25) is 0 Å². The van der Waals surface area contributed by atoms with E-state index in [0.29, 0.717) is 6.42 Å². The number of benzene rings is 1. The molecule has 1 aromatic rings. The molecule has 2 N–H and O–H groups in total. The van der Waals surface area contributed by atoms with Crippen LogP contribution in [-0.2, 0) is 11.2 Å². The third-order valence-corrected chi connectivity index (χ3v) is 2.53. The van der Waals surface area contributed by atoms with Crippen molar-refractivity contribution in [2.75, 3.05) is 6.61 Å². The highest BCUT2D eigenvalue weighted by atomic mass is 16.3. The van der Waals surface area contributed by atoms with Crippen LogP contribution < -0.4 is 5.32 Å². The lowest BCUT2D eigenvalue weighted by Crippen LogP contribution is -2.37. The first-order chi connectivity index (χ1) is 7.65. The molecule has 1 rings (SSSR count). The molecule has 0 saturated carbocycles. The quantitative estimate of drug-likeness (QED) is 0.790. The van der Waals surface area contributed by atoms with Crippen molar-refractivity contribution in [3.63, 3.8) is 0 Å². The summed E-state index contributed by atoms with van der Waals surface area (Å²) in [6, 6.07) is 7.76. The summed E-state index contributed by atoms with van der Waals surface area (Å²) in [4.78, 5) is 11.6. The number of rotatable bonds is 5. The Kier molecular flexibility index (Phi) is 4.99. The number of aryl methyl sites for hydroxylation is 1. The van der Waals surface area contributed by atoms with Crippen LogP contribution in [0.1, 0.15) is 24.5 Å². The fourth-order valence-corrected chi connectivity index (χ4v) is 1.56. The molecular weight excluding hydrogens is 202 g/mol. The predicted molar refractivity (Wildman–Crippen MR) is 64.2 cm³/mol. The molecule has 0 aromatic heterocycles. The lowest BCUT2D eigenvalue weighted by atomic mass is 10.1. The Morgan fingerprint density at radius 3 is 2.81 bits per heavy atom. The maximum Gasteiger partial charge on any atom is 0.224 e. The normalized spacial score (nSPS) is 12.2. The maximum atomic E-state index is 11.6.